The van der Waals surface area contributed by atoms with Gasteiger partial charge in [0.25, 0.3) is 12.3 Å². The molecule has 4 aromatic rings. The molecule has 1 amide bonds. The predicted molar refractivity (Wildman–Crippen MR) is 138 cm³/mol. The van der Waals surface area contributed by atoms with Gasteiger partial charge in [0, 0.05) is 25.0 Å². The number of carbonyl (C=O) groups excluding carboxylic acids is 1. The molecule has 0 unspecified atom stereocenters. The van der Waals surface area contributed by atoms with E-state index in [2.05, 4.69) is 15.3 Å². The number of carbonyl (C=O) groups is 1. The summed E-state index contributed by atoms with van der Waals surface area (Å²) in [6.07, 6.45) is 4.37. The second kappa shape index (κ2) is 10.6. The summed E-state index contributed by atoms with van der Waals surface area (Å²) in [6, 6.07) is 10.0. The van der Waals surface area contributed by atoms with Gasteiger partial charge >= 0.3 is 5.69 Å². The van der Waals surface area contributed by atoms with E-state index in [4.69, 9.17) is 23.2 Å². The van der Waals surface area contributed by atoms with Gasteiger partial charge in [0.15, 0.2) is 0 Å². The molecule has 0 aliphatic heterocycles. The molecule has 3 aromatic heterocycles. The smallest absolute Gasteiger partial charge is 0.333 e. The number of nitrogens with one attached hydrogen (secondary N) is 1. The summed E-state index contributed by atoms with van der Waals surface area (Å²) in [6.45, 7) is 0.505. The largest absolute Gasteiger partial charge is 0.349 e. The third-order valence-corrected chi connectivity index (χ3v) is 7.31. The van der Waals surface area contributed by atoms with Gasteiger partial charge in [-0.3, -0.25) is 23.9 Å². The van der Waals surface area contributed by atoms with Crippen LogP contribution in [-0.4, -0.2) is 31.1 Å². The van der Waals surface area contributed by atoms with Gasteiger partial charge in [0.1, 0.15) is 5.69 Å². The minimum atomic E-state index is -2.88. The van der Waals surface area contributed by atoms with Crippen LogP contribution in [0.5, 0.6) is 0 Å². The van der Waals surface area contributed by atoms with Crippen LogP contribution < -0.4 is 11.0 Å². The summed E-state index contributed by atoms with van der Waals surface area (Å²) in [7, 11) is 0. The van der Waals surface area contributed by atoms with Crippen molar-refractivity contribution in [1.82, 2.24) is 24.4 Å². The summed E-state index contributed by atoms with van der Waals surface area (Å²) < 4.78 is 29.9. The lowest BCUT2D eigenvalue weighted by atomic mass is 9.85. The van der Waals surface area contributed by atoms with E-state index in [0.29, 0.717) is 35.6 Å². The Balaban J connectivity index is 1.31. The van der Waals surface area contributed by atoms with E-state index in [1.807, 2.05) is 18.2 Å². The number of fused-ring (bicyclic) bond motifs is 1. The molecule has 1 N–H and O–H groups in total. The number of nitrogens with zero attached hydrogens (tertiary/aromatic N) is 4. The molecule has 0 atom stereocenters. The Hall–Kier alpha value is -3.30. The van der Waals surface area contributed by atoms with E-state index in [0.717, 1.165) is 24.6 Å². The highest BCUT2D eigenvalue weighted by Crippen LogP contribution is 2.29. The van der Waals surface area contributed by atoms with Gasteiger partial charge in [0.2, 0.25) is 0 Å². The normalized spacial score (nSPS) is 17.9. The first kappa shape index (κ1) is 25.4. The van der Waals surface area contributed by atoms with Crippen molar-refractivity contribution in [3.8, 4) is 5.69 Å². The summed E-state index contributed by atoms with van der Waals surface area (Å²) in [5.74, 6) is -0.408. The standard InChI is InChI=1S/C26H23Cl2F2N5O2/c27-16-11-18(23(24(29)30)32-12-16)25(36)33-17-7-5-15(6-8-17)14-34-21-9-10-31-13-22(21)35(26(34)37)20-4-2-1-3-19(20)28/h1-4,9-13,15,17,24H,5-8,14H2,(H,33,36). The molecule has 5 rings (SSSR count). The number of pyridine rings is 2. The van der Waals surface area contributed by atoms with Crippen LogP contribution in [0.15, 0.2) is 59.8 Å². The summed E-state index contributed by atoms with van der Waals surface area (Å²) in [4.78, 5) is 34.0. The van der Waals surface area contributed by atoms with Crippen LogP contribution in [0.3, 0.4) is 0 Å². The second-order valence-corrected chi connectivity index (χ2v) is 9.97. The molecule has 1 saturated carbocycles. The highest BCUT2D eigenvalue weighted by atomic mass is 35.5. The van der Waals surface area contributed by atoms with E-state index >= 15 is 0 Å². The average molecular weight is 546 g/mol. The Labute approximate surface area is 221 Å². The lowest BCUT2D eigenvalue weighted by molar-refractivity contribution is 0.0904. The number of hydrogen-bond donors (Lipinski definition) is 1. The van der Waals surface area contributed by atoms with Crippen molar-refractivity contribution >= 4 is 40.1 Å². The van der Waals surface area contributed by atoms with Crippen LogP contribution in [0, 0.1) is 5.92 Å². The van der Waals surface area contributed by atoms with E-state index in [9.17, 15) is 18.4 Å². The fraction of sp³-hybridized carbons (Fsp3) is 0.308. The zero-order valence-corrected chi connectivity index (χ0v) is 21.1. The van der Waals surface area contributed by atoms with Crippen molar-refractivity contribution in [3.63, 3.8) is 0 Å². The Morgan fingerprint density at radius 3 is 2.57 bits per heavy atom. The van der Waals surface area contributed by atoms with Crippen LogP contribution in [0.2, 0.25) is 10.0 Å². The summed E-state index contributed by atoms with van der Waals surface area (Å²) >= 11 is 12.3. The number of rotatable bonds is 6. The van der Waals surface area contributed by atoms with E-state index < -0.39 is 18.0 Å². The summed E-state index contributed by atoms with van der Waals surface area (Å²) in [5.41, 5.74) is 1.04. The van der Waals surface area contributed by atoms with Crippen molar-refractivity contribution in [2.75, 3.05) is 0 Å². The number of hydrogen-bond acceptors (Lipinski definition) is 4. The topological polar surface area (TPSA) is 81.8 Å². The van der Waals surface area contributed by atoms with Gasteiger partial charge in [0.05, 0.1) is 38.5 Å². The van der Waals surface area contributed by atoms with Crippen molar-refractivity contribution in [2.24, 2.45) is 5.92 Å². The predicted octanol–water partition coefficient (Wildman–Crippen LogP) is 5.82. The second-order valence-electron chi connectivity index (χ2n) is 9.12. The fourth-order valence-corrected chi connectivity index (χ4v) is 5.34. The number of aromatic nitrogens is 4. The van der Waals surface area contributed by atoms with Gasteiger partial charge < -0.3 is 5.32 Å². The van der Waals surface area contributed by atoms with Gasteiger partial charge in [-0.05, 0) is 55.9 Å². The molecule has 11 heteroatoms. The maximum Gasteiger partial charge on any atom is 0.333 e. The van der Waals surface area contributed by atoms with Crippen molar-refractivity contribution in [1.29, 1.82) is 0 Å². The molecule has 0 spiro atoms. The fourth-order valence-electron chi connectivity index (χ4n) is 4.96. The monoisotopic (exact) mass is 545 g/mol. The molecule has 0 saturated heterocycles. The first-order valence-electron chi connectivity index (χ1n) is 11.9. The Morgan fingerprint density at radius 2 is 1.84 bits per heavy atom. The molecule has 192 valence electrons. The highest BCUT2D eigenvalue weighted by Gasteiger charge is 2.27. The zero-order valence-electron chi connectivity index (χ0n) is 19.6. The Morgan fingerprint density at radius 1 is 1.08 bits per heavy atom. The third kappa shape index (κ3) is 5.10. The van der Waals surface area contributed by atoms with E-state index in [-0.39, 0.29) is 28.2 Å². The van der Waals surface area contributed by atoms with E-state index in [1.165, 1.54) is 6.07 Å². The van der Waals surface area contributed by atoms with Gasteiger partial charge in [-0.15, -0.1) is 0 Å². The van der Waals surface area contributed by atoms with Gasteiger partial charge in [-0.25, -0.2) is 13.6 Å². The number of alkyl halides is 2. The maximum atomic E-state index is 13.5. The lowest BCUT2D eigenvalue weighted by Crippen LogP contribution is -2.39. The quantitative estimate of drug-likeness (QED) is 0.331. The zero-order chi connectivity index (χ0) is 26.1. The molecule has 3 heterocycles. The van der Waals surface area contributed by atoms with Crippen LogP contribution in [0.25, 0.3) is 16.7 Å². The molecule has 1 aromatic carbocycles. The molecule has 0 bridgehead atoms. The van der Waals surface area contributed by atoms with Crippen LogP contribution in [-0.2, 0) is 6.54 Å². The number of para-hydroxylation sites is 1. The molecular formula is C26H23Cl2F2N5O2. The Kier molecular flexibility index (Phi) is 7.26. The molecule has 7 nitrogen and oxygen atoms in total. The van der Waals surface area contributed by atoms with Crippen molar-refractivity contribution in [3.05, 3.63) is 86.8 Å². The van der Waals surface area contributed by atoms with E-state index in [1.54, 1.807) is 33.7 Å². The van der Waals surface area contributed by atoms with Crippen LogP contribution in [0.1, 0.15) is 48.2 Å². The number of benzene rings is 1. The minimum absolute atomic E-state index is 0.120. The number of imidazole rings is 1. The minimum Gasteiger partial charge on any atom is -0.349 e. The van der Waals surface area contributed by atoms with Gasteiger partial charge in [-0.2, -0.15) is 0 Å². The number of halogens is 4. The molecule has 1 aliphatic carbocycles. The average Bonchev–Trinajstić information content (AvgIpc) is 3.16. The van der Waals surface area contributed by atoms with Crippen molar-refractivity contribution in [2.45, 2.75) is 44.7 Å². The summed E-state index contributed by atoms with van der Waals surface area (Å²) in [5, 5.41) is 3.44. The molecule has 1 aliphatic rings. The van der Waals surface area contributed by atoms with Crippen molar-refractivity contribution < 1.29 is 13.6 Å². The molecule has 37 heavy (non-hydrogen) atoms. The Bertz CT molecular complexity index is 1510. The van der Waals surface area contributed by atoms with Crippen LogP contribution >= 0.6 is 23.2 Å². The highest BCUT2D eigenvalue weighted by molar-refractivity contribution is 6.32. The van der Waals surface area contributed by atoms with Gasteiger partial charge in [-0.1, -0.05) is 35.3 Å². The SMILES string of the molecule is O=C(NC1CCC(Cn2c(=O)n(-c3ccccc3Cl)c3cnccc32)CC1)c1cc(Cl)cnc1C(F)F. The molecular weight excluding hydrogens is 523 g/mol. The van der Waals surface area contributed by atoms with Crippen LogP contribution in [0.4, 0.5) is 8.78 Å². The third-order valence-electron chi connectivity index (χ3n) is 6.78. The number of amides is 1. The first-order chi connectivity index (χ1) is 17.8. The molecule has 0 radical (unpaired) electrons. The molecule has 1 fully saturated rings. The first-order valence-corrected chi connectivity index (χ1v) is 12.6. The lowest BCUT2D eigenvalue weighted by Gasteiger charge is -2.29. The maximum absolute atomic E-state index is 13.5.